The van der Waals surface area contributed by atoms with E-state index in [2.05, 4.69) is 27.5 Å². The zero-order chi connectivity index (χ0) is 27.9. The highest BCUT2D eigenvalue weighted by molar-refractivity contribution is 6.00. The number of nitrogens with one attached hydrogen (secondary N) is 2. The summed E-state index contributed by atoms with van der Waals surface area (Å²) in [6.45, 7) is 4.33. The van der Waals surface area contributed by atoms with Crippen molar-refractivity contribution in [3.05, 3.63) is 78.3 Å². The van der Waals surface area contributed by atoms with Crippen molar-refractivity contribution in [3.8, 4) is 11.4 Å². The molecule has 2 aliphatic rings. The summed E-state index contributed by atoms with van der Waals surface area (Å²) >= 11 is 0. The highest BCUT2D eigenvalue weighted by atomic mass is 19.3. The van der Waals surface area contributed by atoms with Crippen LogP contribution in [0.3, 0.4) is 0 Å². The van der Waals surface area contributed by atoms with Gasteiger partial charge >= 0.3 is 0 Å². The minimum atomic E-state index is -2.80. The molecule has 0 radical (unpaired) electrons. The summed E-state index contributed by atoms with van der Waals surface area (Å²) in [5.74, 6) is -1.96. The lowest BCUT2D eigenvalue weighted by atomic mass is 9.92. The van der Waals surface area contributed by atoms with Gasteiger partial charge < -0.3 is 14.8 Å². The van der Waals surface area contributed by atoms with E-state index in [0.29, 0.717) is 17.3 Å². The van der Waals surface area contributed by atoms with Gasteiger partial charge in [0.15, 0.2) is 5.82 Å². The molecule has 0 spiro atoms. The molecular formula is C30H29F2N7O. The van der Waals surface area contributed by atoms with Gasteiger partial charge in [-0.15, -0.1) is 0 Å². The Balaban J connectivity index is 1.27. The van der Waals surface area contributed by atoms with Crippen LogP contribution >= 0.6 is 0 Å². The van der Waals surface area contributed by atoms with E-state index in [9.17, 15) is 13.6 Å². The fraction of sp³-hybridized carbons (Fsp3) is 0.267. The molecule has 10 heteroatoms. The van der Waals surface area contributed by atoms with Gasteiger partial charge in [-0.25, -0.2) is 18.7 Å². The number of rotatable bonds is 8. The van der Waals surface area contributed by atoms with E-state index in [1.165, 1.54) is 4.90 Å². The number of halogens is 2. The summed E-state index contributed by atoms with van der Waals surface area (Å²) < 4.78 is 29.0. The molecule has 2 N–H and O–H groups in total. The van der Waals surface area contributed by atoms with Gasteiger partial charge in [-0.3, -0.25) is 10.2 Å². The first-order valence-electron chi connectivity index (χ1n) is 13.2. The fourth-order valence-corrected chi connectivity index (χ4v) is 5.14. The van der Waals surface area contributed by atoms with Crippen molar-refractivity contribution in [1.29, 1.82) is 0 Å². The standard InChI is InChI=1S/C30H29F2N7O/c1-19(16-35-33-2)20-8-10-23(11-9-20)36-27-12-13-34-28(37-27)22-7-6-21-14-26(29(40)38-17-30(31,32)18-38)39(25(21)15-22)24-4-3-5-24/h6-16,24,35H,2-5,17-18H2,1H3,(H,34,36,37)/b19-16+. The molecule has 2 aromatic carbocycles. The van der Waals surface area contributed by atoms with E-state index in [0.717, 1.165) is 52.6 Å². The van der Waals surface area contributed by atoms with E-state index in [4.69, 9.17) is 4.98 Å². The van der Waals surface area contributed by atoms with Crippen LogP contribution in [0.25, 0.3) is 27.9 Å². The first kappa shape index (κ1) is 25.7. The Morgan fingerprint density at radius 1 is 1.12 bits per heavy atom. The summed E-state index contributed by atoms with van der Waals surface area (Å²) in [5, 5.41) is 7.85. The van der Waals surface area contributed by atoms with Crippen molar-refractivity contribution >= 4 is 40.6 Å². The monoisotopic (exact) mass is 541 g/mol. The fourth-order valence-electron chi connectivity index (χ4n) is 5.14. The second-order valence-electron chi connectivity index (χ2n) is 10.4. The first-order chi connectivity index (χ1) is 19.3. The molecule has 1 saturated heterocycles. The third kappa shape index (κ3) is 4.92. The zero-order valence-corrected chi connectivity index (χ0v) is 22.1. The lowest BCUT2D eigenvalue weighted by molar-refractivity contribution is -0.113. The lowest BCUT2D eigenvalue weighted by Gasteiger charge is -2.39. The molecule has 40 heavy (non-hydrogen) atoms. The molecule has 0 atom stereocenters. The Bertz CT molecular complexity index is 1620. The number of alkyl halides is 2. The van der Waals surface area contributed by atoms with Crippen molar-refractivity contribution in [1.82, 2.24) is 24.9 Å². The molecule has 2 fully saturated rings. The molecule has 2 aromatic heterocycles. The Morgan fingerprint density at radius 3 is 2.58 bits per heavy atom. The molecule has 1 amide bonds. The van der Waals surface area contributed by atoms with Crippen molar-refractivity contribution in [3.63, 3.8) is 0 Å². The third-order valence-corrected chi connectivity index (χ3v) is 7.53. The van der Waals surface area contributed by atoms with Crippen molar-refractivity contribution in [2.75, 3.05) is 18.4 Å². The van der Waals surface area contributed by atoms with Crippen molar-refractivity contribution in [2.24, 2.45) is 5.10 Å². The molecule has 1 aliphatic heterocycles. The summed E-state index contributed by atoms with van der Waals surface area (Å²) in [7, 11) is 0. The number of fused-ring (bicyclic) bond motifs is 1. The number of aromatic nitrogens is 3. The Morgan fingerprint density at radius 2 is 1.90 bits per heavy atom. The number of nitrogens with zero attached hydrogens (tertiary/aromatic N) is 5. The van der Waals surface area contributed by atoms with Gasteiger partial charge in [-0.2, -0.15) is 5.10 Å². The molecule has 8 nitrogen and oxygen atoms in total. The number of amides is 1. The molecular weight excluding hydrogens is 512 g/mol. The van der Waals surface area contributed by atoms with Crippen LogP contribution in [0.15, 0.2) is 72.1 Å². The van der Waals surface area contributed by atoms with E-state index < -0.39 is 19.0 Å². The van der Waals surface area contributed by atoms with Gasteiger partial charge in [0.25, 0.3) is 11.8 Å². The maximum absolute atomic E-state index is 13.5. The van der Waals surface area contributed by atoms with Crippen LogP contribution < -0.4 is 10.7 Å². The van der Waals surface area contributed by atoms with Crippen LogP contribution in [-0.2, 0) is 0 Å². The van der Waals surface area contributed by atoms with Gasteiger partial charge in [-0.05, 0) is 67.7 Å². The molecule has 6 rings (SSSR count). The second-order valence-corrected chi connectivity index (χ2v) is 10.4. The number of allylic oxidation sites excluding steroid dienone is 1. The number of likely N-dealkylation sites (tertiary alicyclic amines) is 1. The molecule has 1 saturated carbocycles. The van der Waals surface area contributed by atoms with Gasteiger partial charge in [0.05, 0.1) is 13.1 Å². The average Bonchev–Trinajstić information content (AvgIpc) is 3.28. The highest BCUT2D eigenvalue weighted by Crippen LogP contribution is 2.39. The first-order valence-corrected chi connectivity index (χ1v) is 13.2. The third-order valence-electron chi connectivity index (χ3n) is 7.53. The molecule has 0 unspecified atom stereocenters. The number of carbonyl (C=O) groups excluding carboxylic acids is 1. The molecule has 204 valence electrons. The predicted octanol–water partition coefficient (Wildman–Crippen LogP) is 6.22. The quantitative estimate of drug-likeness (QED) is 0.204. The van der Waals surface area contributed by atoms with Crippen molar-refractivity contribution in [2.45, 2.75) is 38.2 Å². The van der Waals surface area contributed by atoms with Crippen LogP contribution in [0.5, 0.6) is 0 Å². The van der Waals surface area contributed by atoms with E-state index in [-0.39, 0.29) is 11.9 Å². The number of hydrogen-bond donors (Lipinski definition) is 2. The Hall–Kier alpha value is -4.60. The maximum atomic E-state index is 13.5. The number of carbonyl (C=O) groups is 1. The smallest absolute Gasteiger partial charge is 0.282 e. The minimum Gasteiger partial charge on any atom is -0.340 e. The molecule has 0 bridgehead atoms. The molecule has 3 heterocycles. The van der Waals surface area contributed by atoms with Crippen LogP contribution in [0.4, 0.5) is 20.3 Å². The number of anilines is 2. The van der Waals surface area contributed by atoms with Crippen LogP contribution in [0.1, 0.15) is 48.3 Å². The molecule has 1 aliphatic carbocycles. The van der Waals surface area contributed by atoms with Crippen LogP contribution in [0.2, 0.25) is 0 Å². The lowest BCUT2D eigenvalue weighted by Crippen LogP contribution is -2.58. The predicted molar refractivity (Wildman–Crippen MR) is 153 cm³/mol. The summed E-state index contributed by atoms with van der Waals surface area (Å²) in [4.78, 5) is 23.6. The number of benzene rings is 2. The summed E-state index contributed by atoms with van der Waals surface area (Å²) in [6.07, 6.45) is 6.48. The van der Waals surface area contributed by atoms with E-state index in [1.54, 1.807) is 18.5 Å². The highest BCUT2D eigenvalue weighted by Gasteiger charge is 2.47. The van der Waals surface area contributed by atoms with Gasteiger partial charge in [0, 0.05) is 47.3 Å². The zero-order valence-electron chi connectivity index (χ0n) is 22.1. The normalized spacial score (nSPS) is 16.8. The SMILES string of the molecule is C=NN/C=C(\C)c1ccc(Nc2ccnc(-c3ccc4cc(C(=O)N5CC(F)(F)C5)n(C5CCC5)c4c3)n2)cc1. The number of hydrazone groups is 1. The van der Waals surface area contributed by atoms with Crippen LogP contribution in [-0.4, -0.2) is 51.1 Å². The maximum Gasteiger partial charge on any atom is 0.282 e. The second kappa shape index (κ2) is 10.2. The van der Waals surface area contributed by atoms with Crippen LogP contribution in [0, 0.1) is 0 Å². The summed E-state index contributed by atoms with van der Waals surface area (Å²) in [6, 6.07) is 17.6. The molecule has 4 aromatic rings. The van der Waals surface area contributed by atoms with Gasteiger partial charge in [0.2, 0.25) is 0 Å². The largest absolute Gasteiger partial charge is 0.340 e. The van der Waals surface area contributed by atoms with E-state index in [1.807, 2.05) is 60.0 Å². The minimum absolute atomic E-state index is 0.174. The number of hydrogen-bond acceptors (Lipinski definition) is 6. The topological polar surface area (TPSA) is 87.4 Å². The average molecular weight is 542 g/mol. The van der Waals surface area contributed by atoms with E-state index >= 15 is 0 Å². The Labute approximate surface area is 230 Å². The summed E-state index contributed by atoms with van der Waals surface area (Å²) in [5.41, 5.74) is 7.86. The van der Waals surface area contributed by atoms with Gasteiger partial charge in [-0.1, -0.05) is 24.3 Å². The van der Waals surface area contributed by atoms with Gasteiger partial charge in [0.1, 0.15) is 11.5 Å². The van der Waals surface area contributed by atoms with Crippen molar-refractivity contribution < 1.29 is 13.6 Å². The Kier molecular flexibility index (Phi) is 6.53.